The smallest absolute Gasteiger partial charge is 0.165 e. The molecule has 0 aliphatic heterocycles. The number of benzene rings is 1. The van der Waals surface area contributed by atoms with Crippen molar-refractivity contribution in [1.29, 1.82) is 0 Å². The van der Waals surface area contributed by atoms with E-state index >= 15 is 0 Å². The molecule has 78 valence electrons. The number of nitrogens with zero attached hydrogens (tertiary/aromatic N) is 2. The fourth-order valence-electron chi connectivity index (χ4n) is 1.32. The summed E-state index contributed by atoms with van der Waals surface area (Å²) in [7, 11) is 0. The van der Waals surface area contributed by atoms with Crippen LogP contribution in [-0.4, -0.2) is 16.0 Å². The van der Waals surface area contributed by atoms with Gasteiger partial charge in [-0.2, -0.15) is 0 Å². The predicted octanol–water partition coefficient (Wildman–Crippen LogP) is 2.83. The Labute approximate surface area is 97.2 Å². The normalized spacial score (nSPS) is 10.5. The highest BCUT2D eigenvalue weighted by Gasteiger charge is 2.13. The standard InChI is InChI=1S/C10H10ClN3S/c1-15-10-8(11)9(12)13-14(10)7-5-3-2-4-6-7/h2-6H,1H3,(H2,12,13). The zero-order valence-corrected chi connectivity index (χ0v) is 9.72. The fourth-order valence-corrected chi connectivity index (χ4v) is 2.27. The SMILES string of the molecule is CSc1c(Cl)c(N)nn1-c1ccccc1. The summed E-state index contributed by atoms with van der Waals surface area (Å²) in [5.74, 6) is 0.366. The number of aromatic nitrogens is 2. The highest BCUT2D eigenvalue weighted by atomic mass is 35.5. The summed E-state index contributed by atoms with van der Waals surface area (Å²) in [5.41, 5.74) is 6.64. The van der Waals surface area contributed by atoms with Crippen molar-refractivity contribution in [3.8, 4) is 5.69 Å². The summed E-state index contributed by atoms with van der Waals surface area (Å²) >= 11 is 7.56. The van der Waals surface area contributed by atoms with E-state index in [9.17, 15) is 0 Å². The number of halogens is 1. The van der Waals surface area contributed by atoms with Crippen LogP contribution in [-0.2, 0) is 0 Å². The van der Waals surface area contributed by atoms with Crippen LogP contribution >= 0.6 is 23.4 Å². The monoisotopic (exact) mass is 239 g/mol. The summed E-state index contributed by atoms with van der Waals surface area (Å²) < 4.78 is 1.75. The van der Waals surface area contributed by atoms with Crippen LogP contribution in [0.3, 0.4) is 0 Å². The Morgan fingerprint density at radius 3 is 2.60 bits per heavy atom. The Hall–Kier alpha value is -1.13. The lowest BCUT2D eigenvalue weighted by Crippen LogP contribution is -1.98. The van der Waals surface area contributed by atoms with Crippen molar-refractivity contribution in [3.05, 3.63) is 35.4 Å². The van der Waals surface area contributed by atoms with Crippen LogP contribution in [0.4, 0.5) is 5.82 Å². The molecule has 2 rings (SSSR count). The van der Waals surface area contributed by atoms with Gasteiger partial charge in [-0.15, -0.1) is 16.9 Å². The lowest BCUT2D eigenvalue weighted by molar-refractivity contribution is 0.808. The van der Waals surface area contributed by atoms with Crippen molar-refractivity contribution in [1.82, 2.24) is 9.78 Å². The maximum absolute atomic E-state index is 6.03. The highest BCUT2D eigenvalue weighted by Crippen LogP contribution is 2.32. The third kappa shape index (κ3) is 1.82. The molecule has 0 saturated carbocycles. The van der Waals surface area contributed by atoms with Gasteiger partial charge >= 0.3 is 0 Å². The minimum Gasteiger partial charge on any atom is -0.381 e. The molecule has 5 heteroatoms. The van der Waals surface area contributed by atoms with Gasteiger partial charge < -0.3 is 5.73 Å². The molecule has 0 atom stereocenters. The molecule has 0 fully saturated rings. The molecule has 1 aromatic heterocycles. The third-order valence-corrected chi connectivity index (χ3v) is 3.26. The fraction of sp³-hybridized carbons (Fsp3) is 0.100. The molecule has 0 radical (unpaired) electrons. The number of nitrogens with two attached hydrogens (primary N) is 1. The molecule has 0 unspecified atom stereocenters. The molecule has 0 saturated heterocycles. The Kier molecular flexibility index (Phi) is 2.88. The highest BCUT2D eigenvalue weighted by molar-refractivity contribution is 7.98. The molecule has 0 amide bonds. The third-order valence-electron chi connectivity index (χ3n) is 2.01. The number of anilines is 1. The van der Waals surface area contributed by atoms with Crippen molar-refractivity contribution in [2.75, 3.05) is 12.0 Å². The zero-order valence-electron chi connectivity index (χ0n) is 8.14. The lowest BCUT2D eigenvalue weighted by atomic mass is 10.3. The summed E-state index contributed by atoms with van der Waals surface area (Å²) in [6.07, 6.45) is 1.95. The van der Waals surface area contributed by atoms with Gasteiger partial charge in [-0.05, 0) is 18.4 Å². The van der Waals surface area contributed by atoms with Crippen LogP contribution < -0.4 is 5.73 Å². The van der Waals surface area contributed by atoms with Crippen LogP contribution in [0.15, 0.2) is 35.4 Å². The van der Waals surface area contributed by atoms with E-state index in [0.29, 0.717) is 10.8 Å². The van der Waals surface area contributed by atoms with Crippen molar-refractivity contribution < 1.29 is 0 Å². The average Bonchev–Trinajstić information content (AvgIpc) is 2.56. The summed E-state index contributed by atoms with van der Waals surface area (Å²) in [5, 5.41) is 5.57. The number of hydrogen-bond donors (Lipinski definition) is 1. The van der Waals surface area contributed by atoms with Gasteiger partial charge in [0.05, 0.1) is 5.69 Å². The Bertz CT molecular complexity index is 467. The second kappa shape index (κ2) is 4.16. The maximum Gasteiger partial charge on any atom is 0.165 e. The van der Waals surface area contributed by atoms with Crippen LogP contribution in [0.1, 0.15) is 0 Å². The molecule has 0 aliphatic rings. The minimum atomic E-state index is 0.366. The molecule has 0 spiro atoms. The molecule has 3 nitrogen and oxygen atoms in total. The Morgan fingerprint density at radius 1 is 1.33 bits per heavy atom. The first-order valence-corrected chi connectivity index (χ1v) is 5.97. The van der Waals surface area contributed by atoms with E-state index in [2.05, 4.69) is 5.10 Å². The summed E-state index contributed by atoms with van der Waals surface area (Å²) in [4.78, 5) is 0. The Morgan fingerprint density at radius 2 is 2.00 bits per heavy atom. The number of para-hydroxylation sites is 1. The Balaban J connectivity index is 2.58. The van der Waals surface area contributed by atoms with E-state index in [1.165, 1.54) is 11.8 Å². The van der Waals surface area contributed by atoms with E-state index in [1.54, 1.807) is 4.68 Å². The van der Waals surface area contributed by atoms with Gasteiger partial charge in [-0.3, -0.25) is 0 Å². The first-order chi connectivity index (χ1) is 7.24. The van der Waals surface area contributed by atoms with Gasteiger partial charge in [0.15, 0.2) is 5.82 Å². The van der Waals surface area contributed by atoms with Crippen molar-refractivity contribution in [2.24, 2.45) is 0 Å². The van der Waals surface area contributed by atoms with E-state index in [-0.39, 0.29) is 0 Å². The predicted molar refractivity (Wildman–Crippen MR) is 64.8 cm³/mol. The number of rotatable bonds is 2. The molecular weight excluding hydrogens is 230 g/mol. The van der Waals surface area contributed by atoms with Crippen LogP contribution in [0, 0.1) is 0 Å². The van der Waals surface area contributed by atoms with E-state index in [0.717, 1.165) is 10.7 Å². The lowest BCUT2D eigenvalue weighted by Gasteiger charge is -2.04. The van der Waals surface area contributed by atoms with Gasteiger partial charge in [0, 0.05) is 0 Å². The second-order valence-corrected chi connectivity index (χ2v) is 4.13. The van der Waals surface area contributed by atoms with Crippen LogP contribution in [0.2, 0.25) is 5.02 Å². The van der Waals surface area contributed by atoms with E-state index < -0.39 is 0 Å². The quantitative estimate of drug-likeness (QED) is 0.820. The van der Waals surface area contributed by atoms with Crippen LogP contribution in [0.5, 0.6) is 0 Å². The first kappa shape index (κ1) is 10.4. The van der Waals surface area contributed by atoms with Crippen molar-refractivity contribution in [2.45, 2.75) is 5.03 Å². The van der Waals surface area contributed by atoms with E-state index in [4.69, 9.17) is 17.3 Å². The molecular formula is C10H10ClN3S. The summed E-state index contributed by atoms with van der Waals surface area (Å²) in [6.45, 7) is 0. The maximum atomic E-state index is 6.03. The zero-order chi connectivity index (χ0) is 10.8. The molecule has 1 aromatic carbocycles. The van der Waals surface area contributed by atoms with Crippen molar-refractivity contribution in [3.63, 3.8) is 0 Å². The number of nitrogen functional groups attached to an aromatic ring is 1. The molecule has 15 heavy (non-hydrogen) atoms. The first-order valence-electron chi connectivity index (χ1n) is 4.37. The van der Waals surface area contributed by atoms with Gasteiger partial charge in [0.2, 0.25) is 0 Å². The number of thioether (sulfide) groups is 1. The molecule has 2 aromatic rings. The topological polar surface area (TPSA) is 43.8 Å². The van der Waals surface area contributed by atoms with E-state index in [1.807, 2.05) is 36.6 Å². The minimum absolute atomic E-state index is 0.366. The van der Waals surface area contributed by atoms with Gasteiger partial charge in [0.25, 0.3) is 0 Å². The second-order valence-electron chi connectivity index (χ2n) is 2.96. The molecule has 2 N–H and O–H groups in total. The average molecular weight is 240 g/mol. The van der Waals surface area contributed by atoms with Gasteiger partial charge in [-0.1, -0.05) is 29.8 Å². The summed E-state index contributed by atoms with van der Waals surface area (Å²) in [6, 6.07) is 9.78. The van der Waals surface area contributed by atoms with Crippen molar-refractivity contribution >= 4 is 29.2 Å². The molecule has 0 bridgehead atoms. The number of hydrogen-bond acceptors (Lipinski definition) is 3. The molecule has 1 heterocycles. The molecule has 0 aliphatic carbocycles. The van der Waals surface area contributed by atoms with Gasteiger partial charge in [0.1, 0.15) is 10.0 Å². The van der Waals surface area contributed by atoms with Gasteiger partial charge in [-0.25, -0.2) is 4.68 Å². The largest absolute Gasteiger partial charge is 0.381 e. The van der Waals surface area contributed by atoms with Crippen LogP contribution in [0.25, 0.3) is 5.69 Å².